The van der Waals surface area contributed by atoms with E-state index in [1.165, 1.54) is 0 Å². The van der Waals surface area contributed by atoms with Crippen molar-refractivity contribution in [3.8, 4) is 0 Å². The molecular weight excluding hydrogens is 435 g/mol. The lowest BCUT2D eigenvalue weighted by molar-refractivity contribution is 0.0718. The minimum atomic E-state index is -1.13. The van der Waals surface area contributed by atoms with E-state index >= 15 is 0 Å². The number of alkyl halides is 1. The van der Waals surface area contributed by atoms with Crippen molar-refractivity contribution in [2.45, 2.75) is 83.0 Å². The van der Waals surface area contributed by atoms with E-state index in [2.05, 4.69) is 35.2 Å². The minimum Gasteiger partial charge on any atom is -0.361 e. The second kappa shape index (κ2) is 9.02. The molecule has 2 aromatic rings. The maximum absolute atomic E-state index is 13.4. The Kier molecular flexibility index (Phi) is 6.24. The molecule has 5 rings (SSSR count). The summed E-state index contributed by atoms with van der Waals surface area (Å²) < 4.78 is 21.3. The third kappa shape index (κ3) is 4.69. The van der Waals surface area contributed by atoms with Gasteiger partial charge in [-0.1, -0.05) is 19.6 Å². The molecule has 8 heteroatoms. The van der Waals surface area contributed by atoms with Gasteiger partial charge >= 0.3 is 0 Å². The molecule has 6 nitrogen and oxygen atoms in total. The lowest BCUT2D eigenvalue weighted by Crippen LogP contribution is -2.52. The van der Waals surface area contributed by atoms with E-state index in [1.54, 1.807) is 6.20 Å². The molecule has 0 aromatic carbocycles. The van der Waals surface area contributed by atoms with Crippen molar-refractivity contribution in [1.29, 1.82) is 0 Å². The Morgan fingerprint density at radius 2 is 1.79 bits per heavy atom. The van der Waals surface area contributed by atoms with Gasteiger partial charge in [0.2, 0.25) is 0 Å². The second-order valence-corrected chi connectivity index (χ2v) is 17.0. The fraction of sp³-hybridized carbons (Fsp3) is 0.680. The van der Waals surface area contributed by atoms with Crippen LogP contribution >= 0.6 is 0 Å². The molecule has 1 aliphatic heterocycles. The third-order valence-corrected chi connectivity index (χ3v) is 9.24. The Morgan fingerprint density at radius 3 is 2.45 bits per heavy atom. The van der Waals surface area contributed by atoms with Crippen molar-refractivity contribution in [1.82, 2.24) is 14.5 Å². The van der Waals surface area contributed by atoms with Crippen molar-refractivity contribution < 1.29 is 13.9 Å². The molecule has 1 amide bonds. The first-order valence-corrected chi connectivity index (χ1v) is 16.3. The van der Waals surface area contributed by atoms with Gasteiger partial charge in [0.25, 0.3) is 5.91 Å². The van der Waals surface area contributed by atoms with Gasteiger partial charge in [-0.2, -0.15) is 0 Å². The Labute approximate surface area is 197 Å². The standard InChI is InChI=1S/C25H37FN4O2Si/c1-33(2,3)13-12-32-17-28-11-10-21-23-22(15-27-24(21)28)25(31)30(20-8-9-20)16-29(23)19-6-4-18(14-26)5-7-19/h10-11,15,18-20H,4-9,12-14,16-17H2,1-3H3. The van der Waals surface area contributed by atoms with Gasteiger partial charge in [0.05, 0.1) is 24.6 Å². The largest absolute Gasteiger partial charge is 0.361 e. The molecule has 0 atom stereocenters. The van der Waals surface area contributed by atoms with Crippen LogP contribution in [0.15, 0.2) is 18.5 Å². The van der Waals surface area contributed by atoms with Crippen LogP contribution in [0.1, 0.15) is 48.9 Å². The lowest BCUT2D eigenvalue weighted by Gasteiger charge is -2.44. The average molecular weight is 473 g/mol. The Morgan fingerprint density at radius 1 is 1.09 bits per heavy atom. The summed E-state index contributed by atoms with van der Waals surface area (Å²) in [5, 5.41) is 1.03. The topological polar surface area (TPSA) is 50.6 Å². The molecule has 180 valence electrons. The lowest BCUT2D eigenvalue weighted by atomic mass is 9.85. The van der Waals surface area contributed by atoms with Gasteiger partial charge in [-0.25, -0.2) is 4.98 Å². The summed E-state index contributed by atoms with van der Waals surface area (Å²) in [5.74, 6) is 0.299. The maximum Gasteiger partial charge on any atom is 0.259 e. The molecule has 0 saturated heterocycles. The molecule has 2 aliphatic carbocycles. The van der Waals surface area contributed by atoms with Crippen LogP contribution in [0, 0.1) is 5.92 Å². The van der Waals surface area contributed by atoms with E-state index in [-0.39, 0.29) is 18.5 Å². The first-order valence-electron chi connectivity index (χ1n) is 12.5. The van der Waals surface area contributed by atoms with Crippen LogP contribution in [-0.2, 0) is 11.5 Å². The predicted octanol–water partition coefficient (Wildman–Crippen LogP) is 5.26. The third-order valence-electron chi connectivity index (χ3n) is 7.53. The summed E-state index contributed by atoms with van der Waals surface area (Å²) in [7, 11) is -1.13. The predicted molar refractivity (Wildman–Crippen MR) is 132 cm³/mol. The zero-order valence-corrected chi connectivity index (χ0v) is 21.2. The minimum absolute atomic E-state index is 0.106. The number of halogens is 1. The zero-order valence-electron chi connectivity index (χ0n) is 20.2. The van der Waals surface area contributed by atoms with Gasteiger partial charge in [0.15, 0.2) is 0 Å². The number of rotatable bonds is 8. The molecule has 33 heavy (non-hydrogen) atoms. The first-order chi connectivity index (χ1) is 15.9. The number of carbonyl (C=O) groups excluding carboxylic acids is 1. The monoisotopic (exact) mass is 472 g/mol. The Hall–Kier alpha value is -1.93. The average Bonchev–Trinajstić information content (AvgIpc) is 3.56. The molecule has 0 bridgehead atoms. The van der Waals surface area contributed by atoms with Crippen LogP contribution in [0.2, 0.25) is 25.7 Å². The van der Waals surface area contributed by atoms with E-state index in [0.29, 0.717) is 31.0 Å². The van der Waals surface area contributed by atoms with Crippen molar-refractivity contribution in [3.05, 3.63) is 24.0 Å². The highest BCUT2D eigenvalue weighted by atomic mass is 28.3. The Balaban J connectivity index is 1.44. The van der Waals surface area contributed by atoms with E-state index < -0.39 is 8.07 Å². The molecule has 0 spiro atoms. The Bertz CT molecular complexity index is 1010. The summed E-state index contributed by atoms with van der Waals surface area (Å²) in [6, 6.07) is 3.91. The summed E-state index contributed by atoms with van der Waals surface area (Å²) >= 11 is 0. The van der Waals surface area contributed by atoms with E-state index in [0.717, 1.165) is 67.9 Å². The highest BCUT2D eigenvalue weighted by molar-refractivity contribution is 6.76. The molecule has 2 aromatic heterocycles. The molecular formula is C25H37FN4O2Si. The first kappa shape index (κ1) is 22.8. The fourth-order valence-electron chi connectivity index (χ4n) is 5.27. The summed E-state index contributed by atoms with van der Waals surface area (Å²) in [6.07, 6.45) is 9.77. The van der Waals surface area contributed by atoms with Gasteiger partial charge in [-0.05, 0) is 56.6 Å². The molecule has 0 N–H and O–H groups in total. The van der Waals surface area contributed by atoms with Crippen LogP contribution in [0.4, 0.5) is 10.1 Å². The van der Waals surface area contributed by atoms with Crippen molar-refractivity contribution >= 4 is 30.7 Å². The highest BCUT2D eigenvalue weighted by Crippen LogP contribution is 2.42. The van der Waals surface area contributed by atoms with Gasteiger partial charge in [-0.3, -0.25) is 9.18 Å². The zero-order chi connectivity index (χ0) is 23.2. The molecule has 0 unspecified atom stereocenters. The van der Waals surface area contributed by atoms with Crippen LogP contribution in [0.5, 0.6) is 0 Å². The second-order valence-electron chi connectivity index (χ2n) is 11.3. The molecule has 2 fully saturated rings. The number of ether oxygens (including phenoxy) is 1. The number of anilines is 1. The number of fused-ring (bicyclic) bond motifs is 3. The maximum atomic E-state index is 13.4. The number of hydrogen-bond acceptors (Lipinski definition) is 4. The van der Waals surface area contributed by atoms with Gasteiger partial charge < -0.3 is 19.1 Å². The van der Waals surface area contributed by atoms with E-state index in [9.17, 15) is 9.18 Å². The number of carbonyl (C=O) groups is 1. The van der Waals surface area contributed by atoms with E-state index in [1.807, 2.05) is 11.1 Å². The van der Waals surface area contributed by atoms with E-state index in [4.69, 9.17) is 9.72 Å². The van der Waals surface area contributed by atoms with Crippen molar-refractivity contribution in [2.24, 2.45) is 5.92 Å². The summed E-state index contributed by atoms with van der Waals surface area (Å²) in [5.41, 5.74) is 2.61. The van der Waals surface area contributed by atoms with Crippen LogP contribution in [-0.4, -0.2) is 60.5 Å². The van der Waals surface area contributed by atoms with Crippen molar-refractivity contribution in [3.63, 3.8) is 0 Å². The van der Waals surface area contributed by atoms with Crippen LogP contribution in [0.3, 0.4) is 0 Å². The molecule has 3 aliphatic rings. The highest BCUT2D eigenvalue weighted by Gasteiger charge is 2.42. The summed E-state index contributed by atoms with van der Waals surface area (Å²) in [6.45, 7) is 8.72. The summed E-state index contributed by atoms with van der Waals surface area (Å²) in [4.78, 5) is 22.6. The smallest absolute Gasteiger partial charge is 0.259 e. The fourth-order valence-corrected chi connectivity index (χ4v) is 6.02. The SMILES string of the molecule is C[Si](C)(C)CCOCn1ccc2c3c(cnc21)C(=O)N(C1CC1)CN3C1CCC(CF)CC1. The molecule has 3 heterocycles. The van der Waals surface area contributed by atoms with Crippen molar-refractivity contribution in [2.75, 3.05) is 24.9 Å². The van der Waals surface area contributed by atoms with Crippen LogP contribution < -0.4 is 4.90 Å². The van der Waals surface area contributed by atoms with Gasteiger partial charge in [0.1, 0.15) is 12.4 Å². The number of hydrogen-bond donors (Lipinski definition) is 0. The van der Waals surface area contributed by atoms with Crippen LogP contribution in [0.25, 0.3) is 11.0 Å². The number of pyridine rings is 1. The number of aromatic nitrogens is 2. The van der Waals surface area contributed by atoms with Gasteiger partial charge in [0, 0.05) is 44.5 Å². The quantitative estimate of drug-likeness (QED) is 0.388. The molecule has 0 radical (unpaired) electrons. The number of amides is 1. The van der Waals surface area contributed by atoms with Gasteiger partial charge in [-0.15, -0.1) is 0 Å². The number of nitrogens with zero attached hydrogens (tertiary/aromatic N) is 4. The normalized spacial score (nSPS) is 23.9. The molecule has 2 saturated carbocycles.